The Morgan fingerprint density at radius 1 is 1.44 bits per heavy atom. The van der Waals surface area contributed by atoms with Crippen molar-refractivity contribution >= 4 is 24.3 Å². The molecule has 1 unspecified atom stereocenters. The van der Waals surface area contributed by atoms with Gasteiger partial charge in [-0.25, -0.2) is 4.79 Å². The monoisotopic (exact) mass is 278 g/mol. The van der Waals surface area contributed by atoms with E-state index in [0.717, 1.165) is 19.5 Å². The van der Waals surface area contributed by atoms with Crippen LogP contribution >= 0.6 is 12.4 Å². The van der Waals surface area contributed by atoms with Crippen LogP contribution in [0.2, 0.25) is 0 Å². The summed E-state index contributed by atoms with van der Waals surface area (Å²) in [6.07, 6.45) is 1.22. The Hall–Kier alpha value is -0.850. The van der Waals surface area contributed by atoms with Crippen LogP contribution in [0.15, 0.2) is 0 Å². The Morgan fingerprint density at radius 3 is 2.56 bits per heavy atom. The molecule has 5 N–H and O–H groups in total. The van der Waals surface area contributed by atoms with Crippen molar-refractivity contribution in [2.45, 2.75) is 32.7 Å². The molecule has 0 aromatic heterocycles. The standard InChI is InChI=1S/C11H22N4O2.ClH/c1-11(2)7-15(5-3-8(11)12)6-4-9(16)14-10(13)17;/h8H,3-7,12H2,1-2H3,(H3,13,14,16,17);1H. The molecular formula is C11H23ClN4O2. The van der Waals surface area contributed by atoms with Crippen molar-refractivity contribution in [3.05, 3.63) is 0 Å². The predicted molar refractivity (Wildman–Crippen MR) is 72.4 cm³/mol. The average Bonchev–Trinajstić information content (AvgIpc) is 2.18. The molecule has 1 aliphatic heterocycles. The predicted octanol–water partition coefficient (Wildman–Crippen LogP) is 0.0524. The molecule has 1 fully saturated rings. The van der Waals surface area contributed by atoms with Crippen molar-refractivity contribution in [2.75, 3.05) is 19.6 Å². The summed E-state index contributed by atoms with van der Waals surface area (Å²) in [5.74, 6) is -0.329. The molecule has 0 spiro atoms. The van der Waals surface area contributed by atoms with E-state index in [0.29, 0.717) is 6.54 Å². The van der Waals surface area contributed by atoms with Gasteiger partial charge in [0, 0.05) is 25.6 Å². The minimum Gasteiger partial charge on any atom is -0.351 e. The maximum absolute atomic E-state index is 11.3. The number of amides is 3. The van der Waals surface area contributed by atoms with E-state index in [-0.39, 0.29) is 36.2 Å². The average molecular weight is 279 g/mol. The Balaban J connectivity index is 0.00000289. The number of imide groups is 1. The smallest absolute Gasteiger partial charge is 0.318 e. The van der Waals surface area contributed by atoms with Gasteiger partial charge in [0.25, 0.3) is 0 Å². The van der Waals surface area contributed by atoms with Gasteiger partial charge in [0.15, 0.2) is 0 Å². The van der Waals surface area contributed by atoms with E-state index < -0.39 is 6.03 Å². The molecule has 1 atom stereocenters. The van der Waals surface area contributed by atoms with Crippen molar-refractivity contribution in [2.24, 2.45) is 16.9 Å². The maximum Gasteiger partial charge on any atom is 0.318 e. The molecule has 0 bridgehead atoms. The van der Waals surface area contributed by atoms with E-state index in [1.807, 2.05) is 0 Å². The molecule has 1 aliphatic rings. The molecule has 1 rings (SSSR count). The molecule has 0 saturated carbocycles. The van der Waals surface area contributed by atoms with E-state index in [2.05, 4.69) is 24.1 Å². The minimum atomic E-state index is -0.795. The van der Waals surface area contributed by atoms with Crippen LogP contribution in [0.1, 0.15) is 26.7 Å². The molecule has 18 heavy (non-hydrogen) atoms. The van der Waals surface area contributed by atoms with E-state index >= 15 is 0 Å². The summed E-state index contributed by atoms with van der Waals surface area (Å²) in [7, 11) is 0. The maximum atomic E-state index is 11.3. The first-order chi connectivity index (χ1) is 7.81. The van der Waals surface area contributed by atoms with Crippen molar-refractivity contribution in [3.8, 4) is 0 Å². The molecule has 3 amide bonds. The number of likely N-dealkylation sites (tertiary alicyclic amines) is 1. The van der Waals surface area contributed by atoms with Gasteiger partial charge in [0.05, 0.1) is 0 Å². The molecular weight excluding hydrogens is 256 g/mol. The van der Waals surface area contributed by atoms with Crippen LogP contribution in [0.3, 0.4) is 0 Å². The van der Waals surface area contributed by atoms with E-state index in [1.54, 1.807) is 0 Å². The summed E-state index contributed by atoms with van der Waals surface area (Å²) in [5, 5.41) is 2.06. The molecule has 0 aromatic rings. The van der Waals surface area contributed by atoms with Crippen molar-refractivity contribution in [3.63, 3.8) is 0 Å². The lowest BCUT2D eigenvalue weighted by molar-refractivity contribution is -0.120. The number of hydrogen-bond donors (Lipinski definition) is 3. The molecule has 0 aliphatic carbocycles. The summed E-state index contributed by atoms with van der Waals surface area (Å²) < 4.78 is 0. The first kappa shape index (κ1) is 17.2. The Labute approximate surface area is 114 Å². The van der Waals surface area contributed by atoms with Crippen LogP contribution in [0, 0.1) is 5.41 Å². The van der Waals surface area contributed by atoms with Gasteiger partial charge >= 0.3 is 6.03 Å². The van der Waals surface area contributed by atoms with Gasteiger partial charge in [0.2, 0.25) is 5.91 Å². The fraction of sp³-hybridized carbons (Fsp3) is 0.818. The van der Waals surface area contributed by atoms with Crippen LogP contribution in [-0.4, -0.2) is 42.5 Å². The largest absolute Gasteiger partial charge is 0.351 e. The topological polar surface area (TPSA) is 101 Å². The molecule has 0 aromatic carbocycles. The number of rotatable bonds is 3. The Morgan fingerprint density at radius 2 is 2.06 bits per heavy atom. The summed E-state index contributed by atoms with van der Waals surface area (Å²) in [4.78, 5) is 23.9. The zero-order valence-electron chi connectivity index (χ0n) is 10.9. The third-order valence-electron chi connectivity index (χ3n) is 3.31. The van der Waals surface area contributed by atoms with Crippen LogP contribution < -0.4 is 16.8 Å². The lowest BCUT2D eigenvalue weighted by Crippen LogP contribution is -2.52. The third kappa shape index (κ3) is 5.20. The fourth-order valence-electron chi connectivity index (χ4n) is 2.14. The highest BCUT2D eigenvalue weighted by Gasteiger charge is 2.33. The SMILES string of the molecule is CC1(C)CN(CCC(=O)NC(N)=O)CCC1N.Cl. The van der Waals surface area contributed by atoms with Gasteiger partial charge in [-0.15, -0.1) is 12.4 Å². The van der Waals surface area contributed by atoms with Crippen molar-refractivity contribution in [1.29, 1.82) is 0 Å². The van der Waals surface area contributed by atoms with Gasteiger partial charge in [-0.1, -0.05) is 13.8 Å². The lowest BCUT2D eigenvalue weighted by atomic mass is 9.80. The number of carbonyl (C=O) groups excluding carboxylic acids is 2. The number of nitrogens with zero attached hydrogens (tertiary/aromatic N) is 1. The zero-order chi connectivity index (χ0) is 13.1. The van der Waals surface area contributed by atoms with Crippen LogP contribution in [0.4, 0.5) is 4.79 Å². The Bertz CT molecular complexity index is 309. The van der Waals surface area contributed by atoms with Crippen molar-refractivity contribution < 1.29 is 9.59 Å². The van der Waals surface area contributed by atoms with E-state index in [9.17, 15) is 9.59 Å². The number of carbonyl (C=O) groups is 2. The van der Waals surface area contributed by atoms with E-state index in [4.69, 9.17) is 11.5 Å². The number of nitrogens with two attached hydrogens (primary N) is 2. The van der Waals surface area contributed by atoms with Crippen molar-refractivity contribution in [1.82, 2.24) is 10.2 Å². The van der Waals surface area contributed by atoms with Crippen LogP contribution in [0.5, 0.6) is 0 Å². The normalized spacial score (nSPS) is 22.9. The van der Waals surface area contributed by atoms with Gasteiger partial charge in [-0.05, 0) is 18.4 Å². The van der Waals surface area contributed by atoms with Crippen LogP contribution in [0.25, 0.3) is 0 Å². The fourth-order valence-corrected chi connectivity index (χ4v) is 2.14. The highest BCUT2D eigenvalue weighted by atomic mass is 35.5. The summed E-state index contributed by atoms with van der Waals surface area (Å²) in [6.45, 7) is 6.67. The third-order valence-corrected chi connectivity index (χ3v) is 3.31. The number of hydrogen-bond acceptors (Lipinski definition) is 4. The number of primary amides is 1. The van der Waals surface area contributed by atoms with Gasteiger partial charge in [0.1, 0.15) is 0 Å². The second kappa shape index (κ2) is 6.92. The molecule has 1 heterocycles. The summed E-state index contributed by atoms with van der Waals surface area (Å²) in [5.41, 5.74) is 11.0. The molecule has 106 valence electrons. The van der Waals surface area contributed by atoms with Gasteiger partial charge < -0.3 is 16.4 Å². The van der Waals surface area contributed by atoms with Gasteiger partial charge in [-0.2, -0.15) is 0 Å². The first-order valence-corrected chi connectivity index (χ1v) is 5.88. The number of piperidine rings is 1. The summed E-state index contributed by atoms with van der Waals surface area (Å²) in [6, 6.07) is -0.589. The number of urea groups is 1. The lowest BCUT2D eigenvalue weighted by Gasteiger charge is -2.42. The van der Waals surface area contributed by atoms with Crippen LogP contribution in [-0.2, 0) is 4.79 Å². The summed E-state index contributed by atoms with van der Waals surface area (Å²) >= 11 is 0. The van der Waals surface area contributed by atoms with E-state index in [1.165, 1.54) is 0 Å². The quantitative estimate of drug-likeness (QED) is 0.679. The molecule has 7 heteroatoms. The number of halogens is 1. The second-order valence-corrected chi connectivity index (χ2v) is 5.32. The Kier molecular flexibility index (Phi) is 6.59. The van der Waals surface area contributed by atoms with Gasteiger partial charge in [-0.3, -0.25) is 10.1 Å². The highest BCUT2D eigenvalue weighted by molar-refractivity contribution is 5.93. The number of nitrogens with one attached hydrogen (secondary N) is 1. The minimum absolute atomic E-state index is 0. The zero-order valence-corrected chi connectivity index (χ0v) is 11.8. The molecule has 6 nitrogen and oxygen atoms in total. The molecule has 1 saturated heterocycles. The second-order valence-electron chi connectivity index (χ2n) is 5.32. The molecule has 0 radical (unpaired) electrons. The highest BCUT2D eigenvalue weighted by Crippen LogP contribution is 2.27. The first-order valence-electron chi connectivity index (χ1n) is 5.88.